The first-order valence-corrected chi connectivity index (χ1v) is 3.08. The van der Waals surface area contributed by atoms with Crippen LogP contribution in [0.1, 0.15) is 13.8 Å². The Kier molecular flexibility index (Phi) is 4.79. The van der Waals surface area contributed by atoms with Crippen LogP contribution in [0.15, 0.2) is 29.8 Å². The standard InChI is InChI=1S/C8H13N/c1-4-5-6-7-9-8(2)3/h4-8H,1H2,2-3H3/b6-5-,9-7?. The van der Waals surface area contributed by atoms with Crippen LogP contribution >= 0.6 is 0 Å². The third-order valence-corrected chi connectivity index (χ3v) is 0.717. The van der Waals surface area contributed by atoms with Crippen LogP contribution in [0, 0.1) is 0 Å². The fourth-order valence-corrected chi connectivity index (χ4v) is 0.350. The van der Waals surface area contributed by atoms with E-state index in [4.69, 9.17) is 0 Å². The van der Waals surface area contributed by atoms with Gasteiger partial charge in [0.15, 0.2) is 0 Å². The number of rotatable bonds is 3. The van der Waals surface area contributed by atoms with Crippen LogP contribution in [0.2, 0.25) is 0 Å². The Morgan fingerprint density at radius 3 is 2.44 bits per heavy atom. The van der Waals surface area contributed by atoms with E-state index in [1.165, 1.54) is 0 Å². The van der Waals surface area contributed by atoms with Crippen molar-refractivity contribution in [2.24, 2.45) is 4.99 Å². The van der Waals surface area contributed by atoms with E-state index in [0.717, 1.165) is 0 Å². The maximum atomic E-state index is 4.10. The Balaban J connectivity index is 3.46. The summed E-state index contributed by atoms with van der Waals surface area (Å²) in [5, 5.41) is 0. The van der Waals surface area contributed by atoms with Gasteiger partial charge in [-0.05, 0) is 19.9 Å². The van der Waals surface area contributed by atoms with Crippen LogP contribution in [0.25, 0.3) is 0 Å². The van der Waals surface area contributed by atoms with Gasteiger partial charge in [0, 0.05) is 12.3 Å². The molecule has 0 aromatic carbocycles. The molecule has 0 aromatic rings. The first-order chi connectivity index (χ1) is 4.27. The maximum absolute atomic E-state index is 4.10. The molecule has 0 radical (unpaired) electrons. The second-order valence-corrected chi connectivity index (χ2v) is 2.01. The lowest BCUT2D eigenvalue weighted by Gasteiger charge is -1.89. The molecule has 0 bridgehead atoms. The SMILES string of the molecule is C=C/C=C\C=NC(C)C. The smallest absolute Gasteiger partial charge is 0.0443 e. The van der Waals surface area contributed by atoms with Crippen LogP contribution in [-0.4, -0.2) is 12.3 Å². The van der Waals surface area contributed by atoms with Crippen molar-refractivity contribution in [2.45, 2.75) is 19.9 Å². The molecule has 0 aliphatic heterocycles. The van der Waals surface area contributed by atoms with Crippen molar-refractivity contribution in [1.29, 1.82) is 0 Å². The summed E-state index contributed by atoms with van der Waals surface area (Å²) in [6.07, 6.45) is 7.23. The van der Waals surface area contributed by atoms with E-state index in [1.807, 2.05) is 26.0 Å². The predicted octanol–water partition coefficient (Wildman–Crippen LogP) is 2.21. The number of hydrogen-bond donors (Lipinski definition) is 0. The van der Waals surface area contributed by atoms with E-state index in [2.05, 4.69) is 11.6 Å². The highest BCUT2D eigenvalue weighted by molar-refractivity contribution is 5.71. The first kappa shape index (κ1) is 8.15. The van der Waals surface area contributed by atoms with Gasteiger partial charge < -0.3 is 0 Å². The van der Waals surface area contributed by atoms with Gasteiger partial charge in [-0.25, -0.2) is 0 Å². The van der Waals surface area contributed by atoms with E-state index in [0.29, 0.717) is 6.04 Å². The molecule has 0 atom stereocenters. The van der Waals surface area contributed by atoms with Crippen LogP contribution in [0.4, 0.5) is 0 Å². The molecule has 0 aliphatic rings. The molecule has 0 spiro atoms. The Bertz CT molecular complexity index is 121. The van der Waals surface area contributed by atoms with Gasteiger partial charge in [-0.2, -0.15) is 0 Å². The van der Waals surface area contributed by atoms with Crippen LogP contribution in [0.5, 0.6) is 0 Å². The number of allylic oxidation sites excluding steroid dienone is 3. The van der Waals surface area contributed by atoms with Crippen molar-refractivity contribution in [3.05, 3.63) is 24.8 Å². The summed E-state index contributed by atoms with van der Waals surface area (Å²) in [4.78, 5) is 4.10. The molecule has 0 saturated carbocycles. The molecular formula is C8H13N. The summed E-state index contributed by atoms with van der Waals surface area (Å²) in [7, 11) is 0. The highest BCUT2D eigenvalue weighted by atomic mass is 14.7. The molecule has 50 valence electrons. The predicted molar refractivity (Wildman–Crippen MR) is 43.0 cm³/mol. The monoisotopic (exact) mass is 123 g/mol. The van der Waals surface area contributed by atoms with Crippen LogP contribution in [0.3, 0.4) is 0 Å². The molecule has 1 heteroatoms. The van der Waals surface area contributed by atoms with Gasteiger partial charge in [0.1, 0.15) is 0 Å². The van der Waals surface area contributed by atoms with Gasteiger partial charge in [0.25, 0.3) is 0 Å². The Morgan fingerprint density at radius 2 is 2.00 bits per heavy atom. The first-order valence-electron chi connectivity index (χ1n) is 3.08. The minimum Gasteiger partial charge on any atom is -0.290 e. The third kappa shape index (κ3) is 7.15. The van der Waals surface area contributed by atoms with Gasteiger partial charge >= 0.3 is 0 Å². The van der Waals surface area contributed by atoms with Gasteiger partial charge in [0.2, 0.25) is 0 Å². The number of hydrogen-bond acceptors (Lipinski definition) is 1. The molecule has 0 saturated heterocycles. The van der Waals surface area contributed by atoms with Crippen molar-refractivity contribution >= 4 is 6.21 Å². The van der Waals surface area contributed by atoms with Crippen molar-refractivity contribution in [2.75, 3.05) is 0 Å². The second-order valence-electron chi connectivity index (χ2n) is 2.01. The van der Waals surface area contributed by atoms with Crippen molar-refractivity contribution in [3.63, 3.8) is 0 Å². The van der Waals surface area contributed by atoms with E-state index in [-0.39, 0.29) is 0 Å². The van der Waals surface area contributed by atoms with E-state index in [1.54, 1.807) is 12.3 Å². The van der Waals surface area contributed by atoms with Gasteiger partial charge in [0.05, 0.1) is 0 Å². The lowest BCUT2D eigenvalue weighted by Crippen LogP contribution is -1.86. The fraction of sp³-hybridized carbons (Fsp3) is 0.375. The molecule has 0 aromatic heterocycles. The largest absolute Gasteiger partial charge is 0.290 e. The quantitative estimate of drug-likeness (QED) is 0.403. The van der Waals surface area contributed by atoms with E-state index < -0.39 is 0 Å². The van der Waals surface area contributed by atoms with Crippen molar-refractivity contribution in [1.82, 2.24) is 0 Å². The zero-order valence-corrected chi connectivity index (χ0v) is 6.04. The zero-order valence-electron chi connectivity index (χ0n) is 6.04. The molecular weight excluding hydrogens is 110 g/mol. The fourth-order valence-electron chi connectivity index (χ4n) is 0.350. The average molecular weight is 123 g/mol. The van der Waals surface area contributed by atoms with Gasteiger partial charge in [-0.1, -0.05) is 18.7 Å². The summed E-state index contributed by atoms with van der Waals surface area (Å²) < 4.78 is 0. The summed E-state index contributed by atoms with van der Waals surface area (Å²) in [5.74, 6) is 0. The molecule has 0 N–H and O–H groups in total. The summed E-state index contributed by atoms with van der Waals surface area (Å²) in [6, 6.07) is 0.388. The summed E-state index contributed by atoms with van der Waals surface area (Å²) in [5.41, 5.74) is 0. The van der Waals surface area contributed by atoms with Crippen LogP contribution < -0.4 is 0 Å². The minimum absolute atomic E-state index is 0.388. The van der Waals surface area contributed by atoms with Gasteiger partial charge in [-0.15, -0.1) is 0 Å². The topological polar surface area (TPSA) is 12.4 Å². The molecule has 0 fully saturated rings. The molecule has 0 rings (SSSR count). The average Bonchev–Trinajstić information content (AvgIpc) is 1.80. The molecule has 1 nitrogen and oxygen atoms in total. The normalized spacial score (nSPS) is 11.9. The molecule has 9 heavy (non-hydrogen) atoms. The molecule has 0 heterocycles. The van der Waals surface area contributed by atoms with E-state index in [9.17, 15) is 0 Å². The second kappa shape index (κ2) is 5.29. The molecule has 0 amide bonds. The Morgan fingerprint density at radius 1 is 1.33 bits per heavy atom. The number of aliphatic imine (C=N–C) groups is 1. The highest BCUT2D eigenvalue weighted by Crippen LogP contribution is 1.82. The number of nitrogens with zero attached hydrogens (tertiary/aromatic N) is 1. The highest BCUT2D eigenvalue weighted by Gasteiger charge is 1.78. The van der Waals surface area contributed by atoms with Crippen molar-refractivity contribution in [3.8, 4) is 0 Å². The van der Waals surface area contributed by atoms with Crippen molar-refractivity contribution < 1.29 is 0 Å². The van der Waals surface area contributed by atoms with Gasteiger partial charge in [-0.3, -0.25) is 4.99 Å². The third-order valence-electron chi connectivity index (χ3n) is 0.717. The Labute approximate surface area is 56.8 Å². The molecule has 0 unspecified atom stereocenters. The summed E-state index contributed by atoms with van der Waals surface area (Å²) >= 11 is 0. The lowest BCUT2D eigenvalue weighted by atomic mass is 10.4. The maximum Gasteiger partial charge on any atom is 0.0443 e. The zero-order chi connectivity index (χ0) is 7.11. The summed E-state index contributed by atoms with van der Waals surface area (Å²) in [6.45, 7) is 7.61. The van der Waals surface area contributed by atoms with E-state index >= 15 is 0 Å². The minimum atomic E-state index is 0.388. The van der Waals surface area contributed by atoms with Crippen LogP contribution in [-0.2, 0) is 0 Å². The molecule has 0 aliphatic carbocycles. The Hall–Kier alpha value is -0.850. The lowest BCUT2D eigenvalue weighted by molar-refractivity contribution is 0.842.